The van der Waals surface area contributed by atoms with E-state index in [1.165, 1.54) is 0 Å². The first-order chi connectivity index (χ1) is 8.40. The van der Waals surface area contributed by atoms with Crippen molar-refractivity contribution in [3.8, 4) is 0 Å². The fraction of sp³-hybridized carbons (Fsp3) is 0.400. The normalized spacial score (nSPS) is 20.3. The molecule has 1 aromatic carbocycles. The molecule has 100 valence electrons. The van der Waals surface area contributed by atoms with E-state index >= 15 is 0 Å². The molecule has 8 heteroatoms. The van der Waals surface area contributed by atoms with E-state index in [0.29, 0.717) is 31.6 Å². The van der Waals surface area contributed by atoms with Crippen LogP contribution in [0.4, 0.5) is 13.2 Å². The molecule has 1 unspecified atom stereocenters. The number of halogens is 3. The van der Waals surface area contributed by atoms with Crippen LogP contribution in [0.25, 0.3) is 0 Å². The van der Waals surface area contributed by atoms with Crippen LogP contribution in [0.15, 0.2) is 17.0 Å². The van der Waals surface area contributed by atoms with Crippen LogP contribution < -0.4 is 10.0 Å². The molecule has 1 atom stereocenters. The monoisotopic (exact) mass is 280 g/mol. The Balaban J connectivity index is 2.34. The lowest BCUT2D eigenvalue weighted by Gasteiger charge is -2.13. The fourth-order valence-electron chi connectivity index (χ4n) is 1.82. The summed E-state index contributed by atoms with van der Waals surface area (Å²) in [5, 5.41) is 2.91. The van der Waals surface area contributed by atoms with Crippen molar-refractivity contribution in [3.63, 3.8) is 0 Å². The summed E-state index contributed by atoms with van der Waals surface area (Å²) >= 11 is 0. The summed E-state index contributed by atoms with van der Waals surface area (Å²) in [6, 6.07) is 0.258. The molecular weight excluding hydrogens is 269 g/mol. The summed E-state index contributed by atoms with van der Waals surface area (Å²) in [7, 11) is -4.33. The Morgan fingerprint density at radius 3 is 2.33 bits per heavy atom. The maximum atomic E-state index is 13.4. The van der Waals surface area contributed by atoms with Crippen LogP contribution in [0.2, 0.25) is 0 Å². The van der Waals surface area contributed by atoms with Gasteiger partial charge in [0, 0.05) is 24.7 Å². The largest absolute Gasteiger partial charge is 0.315 e. The third-order valence-corrected chi connectivity index (χ3v) is 4.19. The summed E-state index contributed by atoms with van der Waals surface area (Å²) in [5.74, 6) is -4.04. The van der Waals surface area contributed by atoms with Gasteiger partial charge in [-0.05, 0) is 13.0 Å². The number of hydrogen-bond acceptors (Lipinski definition) is 3. The Labute approximate surface area is 102 Å². The van der Waals surface area contributed by atoms with Gasteiger partial charge in [0.15, 0.2) is 4.90 Å². The highest BCUT2D eigenvalue weighted by atomic mass is 32.2. The van der Waals surface area contributed by atoms with Crippen LogP contribution in [0.1, 0.15) is 6.42 Å². The Morgan fingerprint density at radius 2 is 1.83 bits per heavy atom. The zero-order chi connectivity index (χ0) is 13.3. The van der Waals surface area contributed by atoms with Gasteiger partial charge >= 0.3 is 0 Å². The van der Waals surface area contributed by atoms with Crippen molar-refractivity contribution in [1.29, 1.82) is 0 Å². The third kappa shape index (κ3) is 2.65. The number of sulfonamides is 1. The average molecular weight is 280 g/mol. The molecule has 1 saturated heterocycles. The van der Waals surface area contributed by atoms with Gasteiger partial charge in [-0.3, -0.25) is 0 Å². The molecule has 2 N–H and O–H groups in total. The van der Waals surface area contributed by atoms with Crippen LogP contribution in [0, 0.1) is 17.5 Å². The lowest BCUT2D eigenvalue weighted by Crippen LogP contribution is -2.37. The molecule has 0 amide bonds. The second kappa shape index (κ2) is 4.87. The van der Waals surface area contributed by atoms with Gasteiger partial charge in [-0.2, -0.15) is 0 Å². The zero-order valence-corrected chi connectivity index (χ0v) is 10.0. The standard InChI is InChI=1S/C10H11F3N2O2S/c11-6-3-8(12)10(9(13)4-6)18(16,17)15-7-1-2-14-5-7/h3-4,7,14-15H,1-2,5H2. The van der Waals surface area contributed by atoms with Crippen molar-refractivity contribution >= 4 is 10.0 Å². The molecule has 0 saturated carbocycles. The highest BCUT2D eigenvalue weighted by Gasteiger charge is 2.28. The minimum absolute atomic E-state index is 0.338. The molecule has 0 aromatic heterocycles. The van der Waals surface area contributed by atoms with Gasteiger partial charge in [0.25, 0.3) is 0 Å². The molecule has 1 aliphatic rings. The van der Waals surface area contributed by atoms with Crippen molar-refractivity contribution in [2.45, 2.75) is 17.4 Å². The highest BCUT2D eigenvalue weighted by Crippen LogP contribution is 2.20. The molecule has 4 nitrogen and oxygen atoms in total. The predicted octanol–water partition coefficient (Wildman–Crippen LogP) is 0.744. The topological polar surface area (TPSA) is 58.2 Å². The fourth-order valence-corrected chi connectivity index (χ4v) is 3.21. The molecule has 0 bridgehead atoms. The molecule has 1 heterocycles. The van der Waals surface area contributed by atoms with E-state index in [1.807, 2.05) is 0 Å². The van der Waals surface area contributed by atoms with Gasteiger partial charge in [-0.25, -0.2) is 26.3 Å². The van der Waals surface area contributed by atoms with Gasteiger partial charge in [0.2, 0.25) is 10.0 Å². The third-order valence-electron chi connectivity index (χ3n) is 2.61. The van der Waals surface area contributed by atoms with E-state index in [1.54, 1.807) is 0 Å². The lowest BCUT2D eigenvalue weighted by atomic mass is 10.3. The SMILES string of the molecule is O=S(=O)(NC1CCNC1)c1c(F)cc(F)cc1F. The first kappa shape index (κ1) is 13.3. The molecule has 1 aromatic rings. The van der Waals surface area contributed by atoms with Crippen LogP contribution in [0.5, 0.6) is 0 Å². The molecule has 0 radical (unpaired) electrons. The van der Waals surface area contributed by atoms with Crippen molar-refractivity contribution in [2.75, 3.05) is 13.1 Å². The van der Waals surface area contributed by atoms with Gasteiger partial charge in [-0.15, -0.1) is 0 Å². The van der Waals surface area contributed by atoms with E-state index < -0.39 is 38.4 Å². The van der Waals surface area contributed by atoms with Crippen LogP contribution in [-0.4, -0.2) is 27.5 Å². The molecule has 0 spiro atoms. The van der Waals surface area contributed by atoms with E-state index in [-0.39, 0.29) is 0 Å². The molecule has 2 rings (SSSR count). The second-order valence-corrected chi connectivity index (χ2v) is 5.66. The van der Waals surface area contributed by atoms with E-state index in [9.17, 15) is 21.6 Å². The zero-order valence-electron chi connectivity index (χ0n) is 9.21. The summed E-state index contributed by atoms with van der Waals surface area (Å²) in [6.07, 6.45) is 0.531. The molecule has 18 heavy (non-hydrogen) atoms. The summed E-state index contributed by atoms with van der Waals surface area (Å²) in [5.41, 5.74) is 0. The quantitative estimate of drug-likeness (QED) is 0.859. The number of nitrogens with one attached hydrogen (secondary N) is 2. The summed E-state index contributed by atoms with van der Waals surface area (Å²) in [6.45, 7) is 1.02. The number of rotatable bonds is 3. The first-order valence-electron chi connectivity index (χ1n) is 5.28. The van der Waals surface area contributed by atoms with Crippen LogP contribution >= 0.6 is 0 Å². The first-order valence-corrected chi connectivity index (χ1v) is 6.76. The smallest absolute Gasteiger partial charge is 0.246 e. The minimum atomic E-state index is -4.33. The minimum Gasteiger partial charge on any atom is -0.315 e. The predicted molar refractivity (Wildman–Crippen MR) is 57.9 cm³/mol. The Morgan fingerprint density at radius 1 is 1.22 bits per heavy atom. The second-order valence-electron chi connectivity index (χ2n) is 4.01. The van der Waals surface area contributed by atoms with Gasteiger partial charge in [0.05, 0.1) is 0 Å². The molecule has 0 aliphatic carbocycles. The molecule has 1 fully saturated rings. The van der Waals surface area contributed by atoms with E-state index in [4.69, 9.17) is 0 Å². The van der Waals surface area contributed by atoms with E-state index in [0.717, 1.165) is 0 Å². The highest BCUT2D eigenvalue weighted by molar-refractivity contribution is 7.89. The average Bonchev–Trinajstić information content (AvgIpc) is 2.66. The Bertz CT molecular complexity index is 533. The van der Waals surface area contributed by atoms with Crippen molar-refractivity contribution in [3.05, 3.63) is 29.6 Å². The number of benzene rings is 1. The molecular formula is C10H11F3N2O2S. The Kier molecular flexibility index (Phi) is 3.60. The Hall–Kier alpha value is -1.12. The number of hydrogen-bond donors (Lipinski definition) is 2. The van der Waals surface area contributed by atoms with Gasteiger partial charge in [-0.1, -0.05) is 0 Å². The molecule has 1 aliphatic heterocycles. The lowest BCUT2D eigenvalue weighted by molar-refractivity contribution is 0.490. The maximum Gasteiger partial charge on any atom is 0.246 e. The summed E-state index contributed by atoms with van der Waals surface area (Å²) < 4.78 is 65.2. The van der Waals surface area contributed by atoms with Crippen molar-refractivity contribution in [1.82, 2.24) is 10.0 Å². The van der Waals surface area contributed by atoms with Crippen LogP contribution in [0.3, 0.4) is 0 Å². The summed E-state index contributed by atoms with van der Waals surface area (Å²) in [4.78, 5) is -1.14. The van der Waals surface area contributed by atoms with Crippen molar-refractivity contribution in [2.24, 2.45) is 0 Å². The van der Waals surface area contributed by atoms with E-state index in [2.05, 4.69) is 10.0 Å². The van der Waals surface area contributed by atoms with Gasteiger partial charge < -0.3 is 5.32 Å². The maximum absolute atomic E-state index is 13.4. The van der Waals surface area contributed by atoms with Crippen molar-refractivity contribution < 1.29 is 21.6 Å². The van der Waals surface area contributed by atoms with Gasteiger partial charge in [0.1, 0.15) is 17.5 Å². The van der Waals surface area contributed by atoms with Crippen LogP contribution in [-0.2, 0) is 10.0 Å².